The molecule has 1 aliphatic carbocycles. The van der Waals surface area contributed by atoms with E-state index in [1.54, 1.807) is 16.0 Å². The van der Waals surface area contributed by atoms with E-state index in [1.807, 2.05) is 49.3 Å². The van der Waals surface area contributed by atoms with Crippen molar-refractivity contribution in [3.63, 3.8) is 0 Å². The second-order valence-corrected chi connectivity index (χ2v) is 7.45. The van der Waals surface area contributed by atoms with E-state index < -0.39 is 0 Å². The van der Waals surface area contributed by atoms with Crippen LogP contribution in [-0.2, 0) is 20.5 Å². The van der Waals surface area contributed by atoms with E-state index in [9.17, 15) is 4.79 Å². The van der Waals surface area contributed by atoms with Gasteiger partial charge in [-0.1, -0.05) is 6.07 Å². The van der Waals surface area contributed by atoms with Crippen molar-refractivity contribution in [2.75, 3.05) is 0 Å². The topological polar surface area (TPSA) is 64.7 Å². The van der Waals surface area contributed by atoms with Gasteiger partial charge >= 0.3 is 0 Å². The SMILES string of the molecule is Cc1nn(C)c2c1C(NC(=O)c1cc(-c3cccs3)nn1C)CCC2. The molecule has 3 aromatic heterocycles. The van der Waals surface area contributed by atoms with Crippen LogP contribution < -0.4 is 5.32 Å². The summed E-state index contributed by atoms with van der Waals surface area (Å²) in [4.78, 5) is 13.9. The van der Waals surface area contributed by atoms with E-state index in [2.05, 4.69) is 15.5 Å². The van der Waals surface area contributed by atoms with Gasteiger partial charge in [0.15, 0.2) is 0 Å². The van der Waals surface area contributed by atoms with E-state index >= 15 is 0 Å². The van der Waals surface area contributed by atoms with Crippen molar-refractivity contribution in [3.05, 3.63) is 46.2 Å². The number of nitrogens with one attached hydrogen (secondary N) is 1. The number of hydrogen-bond acceptors (Lipinski definition) is 4. The molecule has 0 saturated heterocycles. The zero-order chi connectivity index (χ0) is 17.6. The summed E-state index contributed by atoms with van der Waals surface area (Å²) in [5, 5.41) is 14.2. The molecular weight excluding hydrogens is 334 g/mol. The molecular formula is C18H21N5OS. The van der Waals surface area contributed by atoms with Crippen LogP contribution in [0.25, 0.3) is 10.6 Å². The Morgan fingerprint density at radius 2 is 2.16 bits per heavy atom. The number of carbonyl (C=O) groups excluding carboxylic acids is 1. The minimum atomic E-state index is -0.0843. The molecule has 0 fully saturated rings. The molecule has 1 atom stereocenters. The summed E-state index contributed by atoms with van der Waals surface area (Å²) in [6, 6.07) is 5.88. The van der Waals surface area contributed by atoms with E-state index in [-0.39, 0.29) is 11.9 Å². The summed E-state index contributed by atoms with van der Waals surface area (Å²) in [5.74, 6) is -0.0843. The molecule has 7 heteroatoms. The van der Waals surface area contributed by atoms with Gasteiger partial charge in [-0.15, -0.1) is 11.3 Å². The van der Waals surface area contributed by atoms with Crippen molar-refractivity contribution < 1.29 is 4.79 Å². The first-order valence-corrected chi connectivity index (χ1v) is 9.33. The van der Waals surface area contributed by atoms with E-state index in [0.29, 0.717) is 5.69 Å². The quantitative estimate of drug-likeness (QED) is 0.785. The summed E-state index contributed by atoms with van der Waals surface area (Å²) in [6.45, 7) is 2.02. The van der Waals surface area contributed by atoms with Gasteiger partial charge in [0, 0.05) is 25.4 Å². The molecule has 1 unspecified atom stereocenters. The number of aryl methyl sites for hydroxylation is 3. The van der Waals surface area contributed by atoms with Crippen molar-refractivity contribution in [3.8, 4) is 10.6 Å². The highest BCUT2D eigenvalue weighted by molar-refractivity contribution is 7.13. The van der Waals surface area contributed by atoms with Crippen molar-refractivity contribution in [2.45, 2.75) is 32.2 Å². The van der Waals surface area contributed by atoms with Crippen LogP contribution in [0.4, 0.5) is 0 Å². The molecule has 0 spiro atoms. The Labute approximate surface area is 150 Å². The number of fused-ring (bicyclic) bond motifs is 1. The van der Waals surface area contributed by atoms with Gasteiger partial charge in [0.05, 0.1) is 16.6 Å². The van der Waals surface area contributed by atoms with Gasteiger partial charge in [-0.2, -0.15) is 10.2 Å². The summed E-state index contributed by atoms with van der Waals surface area (Å²) in [5.41, 5.74) is 4.84. The van der Waals surface area contributed by atoms with E-state index in [1.165, 1.54) is 11.3 Å². The molecule has 0 bridgehead atoms. The summed E-state index contributed by atoms with van der Waals surface area (Å²) >= 11 is 1.62. The van der Waals surface area contributed by atoms with Crippen LogP contribution >= 0.6 is 11.3 Å². The third-order valence-corrected chi connectivity index (χ3v) is 5.73. The molecule has 3 heterocycles. The predicted molar refractivity (Wildman–Crippen MR) is 97.6 cm³/mol. The maximum absolute atomic E-state index is 12.8. The first-order valence-electron chi connectivity index (χ1n) is 8.45. The Bertz CT molecular complexity index is 922. The number of nitrogens with zero attached hydrogens (tertiary/aromatic N) is 4. The lowest BCUT2D eigenvalue weighted by Gasteiger charge is -2.24. The fourth-order valence-corrected chi connectivity index (χ4v) is 4.37. The Hall–Kier alpha value is -2.41. The molecule has 1 N–H and O–H groups in total. The van der Waals surface area contributed by atoms with Crippen molar-refractivity contribution >= 4 is 17.2 Å². The van der Waals surface area contributed by atoms with Gasteiger partial charge in [-0.25, -0.2) is 0 Å². The smallest absolute Gasteiger partial charge is 0.270 e. The summed E-state index contributed by atoms with van der Waals surface area (Å²) < 4.78 is 3.60. The number of hydrogen-bond donors (Lipinski definition) is 1. The predicted octanol–water partition coefficient (Wildman–Crippen LogP) is 3.00. The maximum Gasteiger partial charge on any atom is 0.270 e. The van der Waals surface area contributed by atoms with Crippen LogP contribution in [0.5, 0.6) is 0 Å². The van der Waals surface area contributed by atoms with Gasteiger partial charge < -0.3 is 5.32 Å². The molecule has 3 aromatic rings. The molecule has 1 amide bonds. The van der Waals surface area contributed by atoms with Gasteiger partial charge in [0.2, 0.25) is 0 Å². The molecule has 0 radical (unpaired) electrons. The lowest BCUT2D eigenvalue weighted by atomic mass is 9.91. The minimum Gasteiger partial charge on any atom is -0.344 e. The zero-order valence-electron chi connectivity index (χ0n) is 14.6. The second-order valence-electron chi connectivity index (χ2n) is 6.50. The van der Waals surface area contributed by atoms with Gasteiger partial charge in [-0.3, -0.25) is 14.2 Å². The standard InChI is InChI=1S/C18H21N5OS/c1-11-17-12(6-4-7-14(17)22(2)20-11)19-18(24)15-10-13(21-23(15)3)16-8-5-9-25-16/h5,8-10,12H,4,6-7H2,1-3H3,(H,19,24). The van der Waals surface area contributed by atoms with Crippen LogP contribution in [0.3, 0.4) is 0 Å². The maximum atomic E-state index is 12.8. The monoisotopic (exact) mass is 355 g/mol. The van der Waals surface area contributed by atoms with Gasteiger partial charge in [0.1, 0.15) is 11.4 Å². The Morgan fingerprint density at radius 3 is 2.92 bits per heavy atom. The number of thiophene rings is 1. The lowest BCUT2D eigenvalue weighted by molar-refractivity contribution is 0.0923. The van der Waals surface area contributed by atoms with Crippen LogP contribution in [0.1, 0.15) is 46.3 Å². The molecule has 130 valence electrons. The first-order chi connectivity index (χ1) is 12.0. The molecule has 0 aromatic carbocycles. The van der Waals surface area contributed by atoms with Crippen molar-refractivity contribution in [2.24, 2.45) is 14.1 Å². The molecule has 4 rings (SSSR count). The highest BCUT2D eigenvalue weighted by atomic mass is 32.1. The number of carbonyl (C=O) groups is 1. The van der Waals surface area contributed by atoms with Crippen molar-refractivity contribution in [1.82, 2.24) is 24.9 Å². The fraction of sp³-hybridized carbons (Fsp3) is 0.389. The summed E-state index contributed by atoms with van der Waals surface area (Å²) in [6.07, 6.45) is 3.02. The summed E-state index contributed by atoms with van der Waals surface area (Å²) in [7, 11) is 3.79. The zero-order valence-corrected chi connectivity index (χ0v) is 15.4. The largest absolute Gasteiger partial charge is 0.344 e. The molecule has 0 aliphatic heterocycles. The Balaban J connectivity index is 1.60. The van der Waals surface area contributed by atoms with E-state index in [0.717, 1.165) is 35.5 Å². The Morgan fingerprint density at radius 1 is 1.32 bits per heavy atom. The minimum absolute atomic E-state index is 0.0186. The van der Waals surface area contributed by atoms with Crippen LogP contribution in [0.2, 0.25) is 0 Å². The highest BCUT2D eigenvalue weighted by Gasteiger charge is 2.28. The molecule has 0 saturated carbocycles. The van der Waals surface area contributed by atoms with Gasteiger partial charge in [0.25, 0.3) is 5.91 Å². The van der Waals surface area contributed by atoms with Crippen LogP contribution in [0.15, 0.2) is 23.6 Å². The first kappa shape index (κ1) is 16.1. The van der Waals surface area contributed by atoms with Gasteiger partial charge in [-0.05, 0) is 43.7 Å². The molecule has 6 nitrogen and oxygen atoms in total. The second kappa shape index (κ2) is 6.15. The fourth-order valence-electron chi connectivity index (χ4n) is 3.69. The van der Waals surface area contributed by atoms with Crippen molar-refractivity contribution in [1.29, 1.82) is 0 Å². The van der Waals surface area contributed by atoms with Crippen LogP contribution in [-0.4, -0.2) is 25.5 Å². The van der Waals surface area contributed by atoms with Crippen LogP contribution in [0, 0.1) is 6.92 Å². The molecule has 1 aliphatic rings. The average molecular weight is 355 g/mol. The average Bonchev–Trinajstić information content (AvgIpc) is 3.28. The molecule has 25 heavy (non-hydrogen) atoms. The number of aromatic nitrogens is 4. The van der Waals surface area contributed by atoms with E-state index in [4.69, 9.17) is 0 Å². The highest BCUT2D eigenvalue weighted by Crippen LogP contribution is 2.32. The lowest BCUT2D eigenvalue weighted by Crippen LogP contribution is -2.32. The third kappa shape index (κ3) is 2.78. The number of amides is 1. The number of rotatable bonds is 3. The normalized spacial score (nSPS) is 16.7. The third-order valence-electron chi connectivity index (χ3n) is 4.84. The Kier molecular flexibility index (Phi) is 3.95.